The highest BCUT2D eigenvalue weighted by molar-refractivity contribution is 7.98. The van der Waals surface area contributed by atoms with Crippen molar-refractivity contribution in [2.75, 3.05) is 12.0 Å². The molecule has 0 spiro atoms. The van der Waals surface area contributed by atoms with Crippen LogP contribution in [0.2, 0.25) is 0 Å². The van der Waals surface area contributed by atoms with Gasteiger partial charge in [-0.05, 0) is 31.3 Å². The second kappa shape index (κ2) is 13.8. The number of imidazole rings is 1. The zero-order valence-electron chi connectivity index (χ0n) is 19.2. The first kappa shape index (κ1) is 28.4. The molecule has 1 aromatic rings. The van der Waals surface area contributed by atoms with E-state index in [2.05, 4.69) is 25.9 Å². The molecule has 0 aliphatic rings. The summed E-state index contributed by atoms with van der Waals surface area (Å²) < 4.78 is 0. The van der Waals surface area contributed by atoms with Gasteiger partial charge in [-0.1, -0.05) is 13.8 Å². The fourth-order valence-corrected chi connectivity index (χ4v) is 3.28. The summed E-state index contributed by atoms with van der Waals surface area (Å²) in [6, 6.07) is -4.55. The molecule has 0 aliphatic heterocycles. The minimum Gasteiger partial charge on any atom is -0.480 e. The molecule has 0 saturated carbocycles. The molecule has 12 nitrogen and oxygen atoms in total. The number of carbonyl (C=O) groups is 4. The standard InChI is InChI=1S/C20H34N6O6S/c1-10(2)15(21)18(29)24-13(5-6-33-4)17(28)26-16(11(3)27)19(30)25-14(20(31)32)7-12-8-22-9-23-12/h8-11,13-16,27H,5-7,21H2,1-4H3,(H,22,23)(H,24,29)(H,25,30)(H,26,28)(H,31,32). The number of aliphatic hydroxyl groups excluding tert-OH is 1. The van der Waals surface area contributed by atoms with E-state index in [1.807, 2.05) is 6.26 Å². The molecule has 1 aromatic heterocycles. The lowest BCUT2D eigenvalue weighted by molar-refractivity contribution is -0.143. The number of carboxylic acids is 1. The van der Waals surface area contributed by atoms with Crippen molar-refractivity contribution in [1.29, 1.82) is 0 Å². The van der Waals surface area contributed by atoms with Crippen LogP contribution in [-0.2, 0) is 25.6 Å². The first-order valence-electron chi connectivity index (χ1n) is 10.5. The Morgan fingerprint density at radius 3 is 2.21 bits per heavy atom. The number of hydrogen-bond acceptors (Lipinski definition) is 8. The van der Waals surface area contributed by atoms with E-state index >= 15 is 0 Å². The van der Waals surface area contributed by atoms with Gasteiger partial charge in [-0.15, -0.1) is 0 Å². The van der Waals surface area contributed by atoms with Gasteiger partial charge >= 0.3 is 5.97 Å². The highest BCUT2D eigenvalue weighted by Crippen LogP contribution is 2.06. The van der Waals surface area contributed by atoms with E-state index < -0.39 is 54.0 Å². The third-order valence-electron chi connectivity index (χ3n) is 4.92. The highest BCUT2D eigenvalue weighted by atomic mass is 32.2. The average molecular weight is 487 g/mol. The molecular formula is C20H34N6O6S. The lowest BCUT2D eigenvalue weighted by Crippen LogP contribution is -2.60. The summed E-state index contributed by atoms with van der Waals surface area (Å²) in [5.41, 5.74) is 6.35. The van der Waals surface area contributed by atoms with Gasteiger partial charge < -0.3 is 36.9 Å². The van der Waals surface area contributed by atoms with Crippen LogP contribution in [0.3, 0.4) is 0 Å². The van der Waals surface area contributed by atoms with Crippen molar-refractivity contribution in [1.82, 2.24) is 25.9 Å². The van der Waals surface area contributed by atoms with Gasteiger partial charge in [0.15, 0.2) is 0 Å². The molecule has 1 rings (SSSR count). The molecule has 3 amide bonds. The number of H-pyrrole nitrogens is 1. The summed E-state index contributed by atoms with van der Waals surface area (Å²) in [4.78, 5) is 56.1. The van der Waals surface area contributed by atoms with E-state index in [1.54, 1.807) is 13.8 Å². The molecule has 0 aliphatic carbocycles. The number of nitrogens with zero attached hydrogens (tertiary/aromatic N) is 1. The van der Waals surface area contributed by atoms with Gasteiger partial charge in [0.05, 0.1) is 18.5 Å². The third-order valence-corrected chi connectivity index (χ3v) is 5.56. The van der Waals surface area contributed by atoms with Crippen molar-refractivity contribution < 1.29 is 29.4 Å². The van der Waals surface area contributed by atoms with Crippen LogP contribution >= 0.6 is 11.8 Å². The lowest BCUT2D eigenvalue weighted by atomic mass is 10.0. The van der Waals surface area contributed by atoms with Gasteiger partial charge in [-0.2, -0.15) is 11.8 Å². The monoisotopic (exact) mass is 486 g/mol. The smallest absolute Gasteiger partial charge is 0.326 e. The number of aliphatic hydroxyl groups is 1. The molecule has 186 valence electrons. The average Bonchev–Trinajstić information content (AvgIpc) is 3.26. The van der Waals surface area contributed by atoms with Gasteiger partial charge in [-0.25, -0.2) is 9.78 Å². The lowest BCUT2D eigenvalue weighted by Gasteiger charge is -2.26. The Balaban J connectivity index is 2.92. The van der Waals surface area contributed by atoms with Crippen molar-refractivity contribution in [2.45, 2.75) is 63.9 Å². The fraction of sp³-hybridized carbons (Fsp3) is 0.650. The van der Waals surface area contributed by atoms with Crippen LogP contribution in [0.4, 0.5) is 0 Å². The highest BCUT2D eigenvalue weighted by Gasteiger charge is 2.33. The van der Waals surface area contributed by atoms with Gasteiger partial charge in [-0.3, -0.25) is 14.4 Å². The molecule has 33 heavy (non-hydrogen) atoms. The Hall–Kier alpha value is -2.64. The predicted molar refractivity (Wildman–Crippen MR) is 123 cm³/mol. The van der Waals surface area contributed by atoms with E-state index in [-0.39, 0.29) is 18.8 Å². The number of carbonyl (C=O) groups excluding carboxylic acids is 3. The molecule has 13 heteroatoms. The minimum atomic E-state index is -1.44. The first-order valence-corrected chi connectivity index (χ1v) is 11.9. The Labute approximate surface area is 196 Å². The van der Waals surface area contributed by atoms with E-state index in [0.717, 1.165) is 0 Å². The number of carboxylic acid groups (broad SMARTS) is 1. The summed E-state index contributed by atoms with van der Waals surface area (Å²) in [7, 11) is 0. The van der Waals surface area contributed by atoms with Crippen molar-refractivity contribution in [3.05, 3.63) is 18.2 Å². The zero-order valence-corrected chi connectivity index (χ0v) is 20.0. The van der Waals surface area contributed by atoms with E-state index in [9.17, 15) is 29.4 Å². The van der Waals surface area contributed by atoms with Gasteiger partial charge in [0.1, 0.15) is 18.1 Å². The van der Waals surface area contributed by atoms with Crippen LogP contribution in [0.5, 0.6) is 0 Å². The number of rotatable bonds is 14. The number of nitrogens with two attached hydrogens (primary N) is 1. The van der Waals surface area contributed by atoms with Crippen LogP contribution in [0, 0.1) is 5.92 Å². The Bertz CT molecular complexity index is 788. The van der Waals surface area contributed by atoms with Crippen LogP contribution in [0.25, 0.3) is 0 Å². The quantitative estimate of drug-likeness (QED) is 0.165. The molecule has 1 heterocycles. The summed E-state index contributed by atoms with van der Waals surface area (Å²) in [5, 5.41) is 26.9. The van der Waals surface area contributed by atoms with Gasteiger partial charge in [0, 0.05) is 18.3 Å². The third kappa shape index (κ3) is 9.40. The van der Waals surface area contributed by atoms with Gasteiger partial charge in [0.2, 0.25) is 17.7 Å². The molecule has 0 bridgehead atoms. The molecule has 5 unspecified atom stereocenters. The Morgan fingerprint density at radius 1 is 1.09 bits per heavy atom. The second-order valence-corrected chi connectivity index (χ2v) is 9.01. The maximum absolute atomic E-state index is 12.9. The predicted octanol–water partition coefficient (Wildman–Crippen LogP) is -1.39. The molecule has 5 atom stereocenters. The van der Waals surface area contributed by atoms with Crippen molar-refractivity contribution in [3.8, 4) is 0 Å². The summed E-state index contributed by atoms with van der Waals surface area (Å²) in [5.74, 6) is -2.95. The van der Waals surface area contributed by atoms with Crippen molar-refractivity contribution in [2.24, 2.45) is 11.7 Å². The van der Waals surface area contributed by atoms with Crippen LogP contribution < -0.4 is 21.7 Å². The normalized spacial score (nSPS) is 15.7. The summed E-state index contributed by atoms with van der Waals surface area (Å²) in [6.45, 7) is 4.84. The Morgan fingerprint density at radius 2 is 1.73 bits per heavy atom. The number of aromatic nitrogens is 2. The fourth-order valence-electron chi connectivity index (χ4n) is 2.81. The van der Waals surface area contributed by atoms with E-state index in [1.165, 1.54) is 31.2 Å². The molecule has 0 aromatic carbocycles. The summed E-state index contributed by atoms with van der Waals surface area (Å²) >= 11 is 1.47. The topological polar surface area (TPSA) is 200 Å². The molecular weight excluding hydrogens is 452 g/mol. The number of thioether (sulfide) groups is 1. The Kier molecular flexibility index (Phi) is 11.9. The molecule has 0 fully saturated rings. The van der Waals surface area contributed by atoms with Crippen LogP contribution in [0.1, 0.15) is 32.9 Å². The van der Waals surface area contributed by atoms with Gasteiger partial charge in [0.25, 0.3) is 0 Å². The number of hydrogen-bond donors (Lipinski definition) is 7. The first-order chi connectivity index (χ1) is 15.5. The summed E-state index contributed by atoms with van der Waals surface area (Å²) in [6.07, 6.45) is 3.52. The number of amides is 3. The number of aliphatic carboxylic acids is 1. The van der Waals surface area contributed by atoms with Crippen molar-refractivity contribution in [3.63, 3.8) is 0 Å². The SMILES string of the molecule is CSCCC(NC(=O)C(N)C(C)C)C(=O)NC(C(=O)NC(Cc1cnc[nH]1)C(=O)O)C(C)O. The van der Waals surface area contributed by atoms with E-state index in [4.69, 9.17) is 5.73 Å². The van der Waals surface area contributed by atoms with E-state index in [0.29, 0.717) is 11.4 Å². The van der Waals surface area contributed by atoms with Crippen molar-refractivity contribution >= 4 is 35.5 Å². The molecule has 0 saturated heterocycles. The maximum Gasteiger partial charge on any atom is 0.326 e. The largest absolute Gasteiger partial charge is 0.480 e. The maximum atomic E-state index is 12.9. The number of nitrogens with one attached hydrogen (secondary N) is 4. The molecule has 0 radical (unpaired) electrons. The second-order valence-electron chi connectivity index (χ2n) is 8.02. The number of aromatic amines is 1. The van der Waals surface area contributed by atoms with Crippen LogP contribution in [-0.4, -0.2) is 86.2 Å². The molecule has 8 N–H and O–H groups in total. The zero-order chi connectivity index (χ0) is 25.1. The van der Waals surface area contributed by atoms with Crippen LogP contribution in [0.15, 0.2) is 12.5 Å². The minimum absolute atomic E-state index is 0.0684.